The fraction of sp³-hybridized carbons (Fsp3) is 0.400. The number of pyridine rings is 1. The molecule has 2 heterocycles. The van der Waals surface area contributed by atoms with E-state index in [9.17, 15) is 9.90 Å². The number of hydrogen-bond donors (Lipinski definition) is 1. The Hall–Kier alpha value is -1.91. The van der Waals surface area contributed by atoms with Gasteiger partial charge in [-0.05, 0) is 48.1 Å². The van der Waals surface area contributed by atoms with Crippen LogP contribution in [0.1, 0.15) is 52.7 Å². The molecule has 2 atom stereocenters. The number of aliphatic hydroxyl groups excluding tert-OH is 1. The van der Waals surface area contributed by atoms with Crippen LogP contribution in [0, 0.1) is 0 Å². The highest BCUT2D eigenvalue weighted by molar-refractivity contribution is 6.30. The Morgan fingerprint density at radius 2 is 2.08 bits per heavy atom. The average Bonchev–Trinajstić information content (AvgIpc) is 2.94. The monoisotopic (exact) mass is 356 g/mol. The molecular weight excluding hydrogens is 336 g/mol. The summed E-state index contributed by atoms with van der Waals surface area (Å²) in [5.74, 6) is 0.0482. The number of fused-ring (bicyclic) bond motifs is 1. The first kappa shape index (κ1) is 16.6. The van der Waals surface area contributed by atoms with E-state index in [0.717, 1.165) is 47.9 Å². The lowest BCUT2D eigenvalue weighted by Crippen LogP contribution is -2.45. The molecular formula is C20H21ClN2O2. The molecule has 1 aromatic heterocycles. The van der Waals surface area contributed by atoms with E-state index < -0.39 is 6.10 Å². The first-order valence-corrected chi connectivity index (χ1v) is 9.20. The zero-order valence-electron chi connectivity index (χ0n) is 14.0. The molecule has 1 saturated carbocycles. The Balaban J connectivity index is 1.62. The Morgan fingerprint density at radius 3 is 2.88 bits per heavy atom. The molecule has 2 aliphatic rings. The van der Waals surface area contributed by atoms with E-state index in [1.807, 2.05) is 29.3 Å². The minimum Gasteiger partial charge on any atom is -0.391 e. The van der Waals surface area contributed by atoms with Crippen LogP contribution in [-0.4, -0.2) is 33.0 Å². The van der Waals surface area contributed by atoms with Crippen molar-refractivity contribution in [2.24, 2.45) is 0 Å². The summed E-state index contributed by atoms with van der Waals surface area (Å²) in [7, 11) is 0. The molecule has 0 bridgehead atoms. The van der Waals surface area contributed by atoms with Crippen LogP contribution in [0.15, 0.2) is 36.7 Å². The topological polar surface area (TPSA) is 53.4 Å². The summed E-state index contributed by atoms with van der Waals surface area (Å²) < 4.78 is 0. The Labute approximate surface area is 152 Å². The van der Waals surface area contributed by atoms with Crippen molar-refractivity contribution in [1.29, 1.82) is 0 Å². The number of carbonyl (C=O) groups is 1. The Kier molecular flexibility index (Phi) is 4.48. The van der Waals surface area contributed by atoms with Gasteiger partial charge < -0.3 is 10.0 Å². The number of rotatable bonds is 3. The largest absolute Gasteiger partial charge is 0.391 e. The molecule has 1 aromatic carbocycles. The van der Waals surface area contributed by atoms with E-state index in [0.29, 0.717) is 18.0 Å². The van der Waals surface area contributed by atoms with Crippen LogP contribution >= 0.6 is 11.6 Å². The smallest absolute Gasteiger partial charge is 0.254 e. The fourth-order valence-electron chi connectivity index (χ4n) is 4.08. The number of benzene rings is 1. The highest BCUT2D eigenvalue weighted by atomic mass is 35.5. The minimum absolute atomic E-state index is 0.0482. The summed E-state index contributed by atoms with van der Waals surface area (Å²) in [6, 6.07) is 7.74. The van der Waals surface area contributed by atoms with Gasteiger partial charge in [-0.15, -0.1) is 0 Å². The van der Waals surface area contributed by atoms with E-state index in [1.165, 1.54) is 0 Å². The molecule has 0 spiro atoms. The molecule has 0 saturated heterocycles. The summed E-state index contributed by atoms with van der Waals surface area (Å²) in [6.07, 6.45) is 7.50. The quantitative estimate of drug-likeness (QED) is 0.914. The van der Waals surface area contributed by atoms with Crippen LogP contribution in [0.5, 0.6) is 0 Å². The van der Waals surface area contributed by atoms with Crippen LogP contribution in [-0.2, 0) is 13.0 Å². The molecule has 4 rings (SSSR count). The van der Waals surface area contributed by atoms with Crippen LogP contribution in [0.2, 0.25) is 5.02 Å². The molecule has 130 valence electrons. The van der Waals surface area contributed by atoms with Crippen LogP contribution in [0.3, 0.4) is 0 Å². The standard InChI is InChI=1S/C20H21ClN2O2/c21-15-9-13(10-22-11-15)8-14-4-3-5-16-17(14)12-23(20(16)25)18-6-1-2-7-19(18)24/h3-5,9-11,18-19,24H,1-2,6-8,12H2. The zero-order valence-corrected chi connectivity index (χ0v) is 14.7. The normalized spacial score (nSPS) is 23.0. The summed E-state index contributed by atoms with van der Waals surface area (Å²) in [5.41, 5.74) is 4.00. The molecule has 5 heteroatoms. The summed E-state index contributed by atoms with van der Waals surface area (Å²) in [6.45, 7) is 0.583. The van der Waals surface area contributed by atoms with Gasteiger partial charge in [-0.1, -0.05) is 36.6 Å². The molecule has 4 nitrogen and oxygen atoms in total. The van der Waals surface area contributed by atoms with Gasteiger partial charge in [-0.25, -0.2) is 0 Å². The van der Waals surface area contributed by atoms with Crippen molar-refractivity contribution >= 4 is 17.5 Å². The van der Waals surface area contributed by atoms with Crippen molar-refractivity contribution in [2.45, 2.75) is 50.8 Å². The SMILES string of the molecule is O=C1c2cccc(Cc3cncc(Cl)c3)c2CN1C1CCCCC1O. The number of carbonyl (C=O) groups excluding carboxylic acids is 1. The lowest BCUT2D eigenvalue weighted by atomic mass is 9.91. The number of halogens is 1. The molecule has 1 amide bonds. The van der Waals surface area contributed by atoms with Gasteiger partial charge in [0.2, 0.25) is 0 Å². The number of aliphatic hydroxyl groups is 1. The van der Waals surface area contributed by atoms with E-state index in [4.69, 9.17) is 11.6 Å². The van der Waals surface area contributed by atoms with Gasteiger partial charge in [0.1, 0.15) is 0 Å². The van der Waals surface area contributed by atoms with E-state index in [1.54, 1.807) is 6.20 Å². The van der Waals surface area contributed by atoms with Crippen LogP contribution < -0.4 is 0 Å². The molecule has 2 aromatic rings. The van der Waals surface area contributed by atoms with Gasteiger partial charge in [-0.3, -0.25) is 9.78 Å². The second kappa shape index (κ2) is 6.77. The van der Waals surface area contributed by atoms with Gasteiger partial charge in [0.25, 0.3) is 5.91 Å². The molecule has 25 heavy (non-hydrogen) atoms. The highest BCUT2D eigenvalue weighted by Gasteiger charge is 2.37. The van der Waals surface area contributed by atoms with Crippen molar-refractivity contribution in [3.8, 4) is 0 Å². The van der Waals surface area contributed by atoms with Crippen molar-refractivity contribution < 1.29 is 9.90 Å². The minimum atomic E-state index is -0.410. The maximum Gasteiger partial charge on any atom is 0.254 e. The van der Waals surface area contributed by atoms with Crippen molar-refractivity contribution in [3.05, 3.63) is 63.9 Å². The second-order valence-electron chi connectivity index (χ2n) is 6.98. The third-order valence-electron chi connectivity index (χ3n) is 5.34. The van der Waals surface area contributed by atoms with E-state index in [-0.39, 0.29) is 11.9 Å². The van der Waals surface area contributed by atoms with Gasteiger partial charge in [-0.2, -0.15) is 0 Å². The first-order chi connectivity index (χ1) is 12.1. The molecule has 1 fully saturated rings. The lowest BCUT2D eigenvalue weighted by molar-refractivity contribution is 0.0191. The van der Waals surface area contributed by atoms with E-state index >= 15 is 0 Å². The number of hydrogen-bond acceptors (Lipinski definition) is 3. The average molecular weight is 357 g/mol. The number of amides is 1. The van der Waals surface area contributed by atoms with Crippen LogP contribution in [0.4, 0.5) is 0 Å². The van der Waals surface area contributed by atoms with Gasteiger partial charge in [0.05, 0.1) is 17.2 Å². The maximum atomic E-state index is 12.9. The Bertz CT molecular complexity index is 808. The second-order valence-corrected chi connectivity index (χ2v) is 7.42. The third-order valence-corrected chi connectivity index (χ3v) is 5.55. The molecule has 0 radical (unpaired) electrons. The van der Waals surface area contributed by atoms with E-state index in [2.05, 4.69) is 11.1 Å². The molecule has 1 aliphatic heterocycles. The molecule has 2 unspecified atom stereocenters. The van der Waals surface area contributed by atoms with Crippen molar-refractivity contribution in [1.82, 2.24) is 9.88 Å². The molecule has 1 aliphatic carbocycles. The van der Waals surface area contributed by atoms with Gasteiger partial charge >= 0.3 is 0 Å². The number of nitrogens with zero attached hydrogens (tertiary/aromatic N) is 2. The fourth-order valence-corrected chi connectivity index (χ4v) is 4.28. The predicted molar refractivity (Wildman–Crippen MR) is 96.6 cm³/mol. The summed E-state index contributed by atoms with van der Waals surface area (Å²) in [4.78, 5) is 18.9. The number of aromatic nitrogens is 1. The highest BCUT2D eigenvalue weighted by Crippen LogP contribution is 2.33. The van der Waals surface area contributed by atoms with Gasteiger partial charge in [0.15, 0.2) is 0 Å². The zero-order chi connectivity index (χ0) is 17.4. The van der Waals surface area contributed by atoms with Crippen molar-refractivity contribution in [2.75, 3.05) is 0 Å². The molecule has 1 N–H and O–H groups in total. The van der Waals surface area contributed by atoms with Crippen LogP contribution in [0.25, 0.3) is 0 Å². The van der Waals surface area contributed by atoms with Crippen molar-refractivity contribution in [3.63, 3.8) is 0 Å². The predicted octanol–water partition coefficient (Wildman–Crippen LogP) is 3.59. The van der Waals surface area contributed by atoms with Gasteiger partial charge in [0, 0.05) is 24.5 Å². The maximum absolute atomic E-state index is 12.9. The first-order valence-electron chi connectivity index (χ1n) is 8.82. The third kappa shape index (κ3) is 3.16. The summed E-state index contributed by atoms with van der Waals surface area (Å²) >= 11 is 6.04. The summed E-state index contributed by atoms with van der Waals surface area (Å²) in [5, 5.41) is 11.0. The Morgan fingerprint density at radius 1 is 1.24 bits per heavy atom. The lowest BCUT2D eigenvalue weighted by Gasteiger charge is -2.35.